The number of aryl methyl sites for hydroxylation is 1. The summed E-state index contributed by atoms with van der Waals surface area (Å²) in [5, 5.41) is 11.5. The second kappa shape index (κ2) is 10.0. The predicted octanol–water partition coefficient (Wildman–Crippen LogP) is 5.28. The maximum atomic E-state index is 12.9. The second-order valence-corrected chi connectivity index (χ2v) is 8.74. The Kier molecular flexibility index (Phi) is 6.49. The molecule has 1 N–H and O–H groups in total. The Balaban J connectivity index is 1.25. The Labute approximate surface area is 199 Å². The van der Waals surface area contributed by atoms with Gasteiger partial charge < -0.3 is 9.73 Å². The number of carbonyl (C=O) groups is 1. The minimum Gasteiger partial charge on any atom is -0.416 e. The molecule has 172 valence electrons. The van der Waals surface area contributed by atoms with Crippen LogP contribution >= 0.6 is 0 Å². The highest BCUT2D eigenvalue weighted by atomic mass is 16.4. The van der Waals surface area contributed by atoms with Gasteiger partial charge in [-0.25, -0.2) is 0 Å². The molecule has 34 heavy (non-hydrogen) atoms. The first kappa shape index (κ1) is 22.0. The molecular weight excluding hydrogens is 424 g/mol. The SMILES string of the molecule is Cc1ccc(-c2nnc(-c3ccc(C(=O)NCC(c4ccccc4)N4CCCC4)cc3)o2)cc1. The van der Waals surface area contributed by atoms with Crippen LogP contribution < -0.4 is 5.32 Å². The predicted molar refractivity (Wildman–Crippen MR) is 132 cm³/mol. The van der Waals surface area contributed by atoms with Crippen LogP contribution in [-0.4, -0.2) is 40.6 Å². The van der Waals surface area contributed by atoms with Gasteiger partial charge in [-0.15, -0.1) is 10.2 Å². The molecule has 1 atom stereocenters. The average molecular weight is 453 g/mol. The molecular formula is C28H28N4O2. The smallest absolute Gasteiger partial charge is 0.251 e. The molecule has 4 aromatic rings. The van der Waals surface area contributed by atoms with Gasteiger partial charge in [0.2, 0.25) is 11.8 Å². The molecule has 6 nitrogen and oxygen atoms in total. The van der Waals surface area contributed by atoms with Gasteiger partial charge >= 0.3 is 0 Å². The van der Waals surface area contributed by atoms with E-state index >= 15 is 0 Å². The minimum atomic E-state index is -0.0856. The van der Waals surface area contributed by atoms with E-state index in [9.17, 15) is 4.79 Å². The third-order valence-electron chi connectivity index (χ3n) is 6.34. The summed E-state index contributed by atoms with van der Waals surface area (Å²) in [5.74, 6) is 0.823. The molecule has 1 unspecified atom stereocenters. The van der Waals surface area contributed by atoms with Gasteiger partial charge in [-0.05, 0) is 74.8 Å². The van der Waals surface area contributed by atoms with Crippen molar-refractivity contribution in [1.82, 2.24) is 20.4 Å². The van der Waals surface area contributed by atoms with Gasteiger partial charge in [0.05, 0.1) is 6.04 Å². The monoisotopic (exact) mass is 452 g/mol. The normalized spacial score (nSPS) is 14.7. The number of hydrogen-bond acceptors (Lipinski definition) is 5. The molecule has 0 saturated carbocycles. The Morgan fingerprint density at radius 2 is 1.47 bits per heavy atom. The lowest BCUT2D eigenvalue weighted by Gasteiger charge is -2.28. The molecule has 1 aromatic heterocycles. The first-order valence-corrected chi connectivity index (χ1v) is 11.8. The highest BCUT2D eigenvalue weighted by Crippen LogP contribution is 2.26. The van der Waals surface area contributed by atoms with E-state index in [2.05, 4.69) is 44.7 Å². The van der Waals surface area contributed by atoms with Crippen molar-refractivity contribution in [2.24, 2.45) is 0 Å². The number of nitrogens with zero attached hydrogens (tertiary/aromatic N) is 3. The van der Waals surface area contributed by atoms with Gasteiger partial charge in [-0.3, -0.25) is 9.69 Å². The highest BCUT2D eigenvalue weighted by Gasteiger charge is 2.24. The molecule has 6 heteroatoms. The van der Waals surface area contributed by atoms with Gasteiger partial charge in [0.25, 0.3) is 5.91 Å². The van der Waals surface area contributed by atoms with E-state index in [-0.39, 0.29) is 11.9 Å². The minimum absolute atomic E-state index is 0.0856. The number of carbonyl (C=O) groups excluding carboxylic acids is 1. The van der Waals surface area contributed by atoms with E-state index in [4.69, 9.17) is 4.42 Å². The first-order chi connectivity index (χ1) is 16.7. The Hall–Kier alpha value is -3.77. The standard InChI is InChI=1S/C28H28N4O2/c1-20-9-11-23(12-10-20)27-30-31-28(34-27)24-15-13-22(14-16-24)26(33)29-19-25(32-17-5-6-18-32)21-7-3-2-4-8-21/h2-4,7-16,25H,5-6,17-19H2,1H3,(H,29,33). The first-order valence-electron chi connectivity index (χ1n) is 11.8. The van der Waals surface area contributed by atoms with Crippen LogP contribution in [0.3, 0.4) is 0 Å². The number of nitrogens with one attached hydrogen (secondary N) is 1. The molecule has 5 rings (SSSR count). The van der Waals surface area contributed by atoms with Crippen molar-refractivity contribution in [2.45, 2.75) is 25.8 Å². The van der Waals surface area contributed by atoms with Crippen LogP contribution in [-0.2, 0) is 0 Å². The van der Waals surface area contributed by atoms with Crippen molar-refractivity contribution in [3.8, 4) is 22.9 Å². The lowest BCUT2D eigenvalue weighted by atomic mass is 10.1. The van der Waals surface area contributed by atoms with Crippen LogP contribution in [0.2, 0.25) is 0 Å². The molecule has 0 aliphatic carbocycles. The number of likely N-dealkylation sites (tertiary alicyclic amines) is 1. The molecule has 1 aliphatic heterocycles. The van der Waals surface area contributed by atoms with Crippen molar-refractivity contribution in [3.63, 3.8) is 0 Å². The van der Waals surface area contributed by atoms with Crippen LogP contribution in [0.25, 0.3) is 22.9 Å². The average Bonchev–Trinajstić information content (AvgIpc) is 3.59. The summed E-state index contributed by atoms with van der Waals surface area (Å²) in [5.41, 5.74) is 4.68. The summed E-state index contributed by atoms with van der Waals surface area (Å²) < 4.78 is 5.85. The Bertz CT molecular complexity index is 1230. The molecule has 1 aliphatic rings. The number of hydrogen-bond donors (Lipinski definition) is 1. The van der Waals surface area contributed by atoms with Gasteiger partial charge in [-0.2, -0.15) is 0 Å². The van der Waals surface area contributed by atoms with E-state index in [0.717, 1.165) is 24.2 Å². The molecule has 1 saturated heterocycles. The van der Waals surface area contributed by atoms with Crippen molar-refractivity contribution in [2.75, 3.05) is 19.6 Å². The third kappa shape index (κ3) is 4.92. The largest absolute Gasteiger partial charge is 0.416 e. The summed E-state index contributed by atoms with van der Waals surface area (Å²) in [7, 11) is 0. The van der Waals surface area contributed by atoms with Crippen LogP contribution in [0.1, 0.15) is 40.4 Å². The number of rotatable bonds is 7. The van der Waals surface area contributed by atoms with Crippen LogP contribution in [0.15, 0.2) is 83.3 Å². The Morgan fingerprint density at radius 3 is 2.09 bits per heavy atom. The van der Waals surface area contributed by atoms with Crippen molar-refractivity contribution < 1.29 is 9.21 Å². The van der Waals surface area contributed by atoms with Crippen LogP contribution in [0, 0.1) is 6.92 Å². The summed E-state index contributed by atoms with van der Waals surface area (Å²) in [6, 6.07) is 25.8. The van der Waals surface area contributed by atoms with E-state index in [1.54, 1.807) is 12.1 Å². The molecule has 3 aromatic carbocycles. The summed E-state index contributed by atoms with van der Waals surface area (Å²) >= 11 is 0. The number of benzene rings is 3. The lowest BCUT2D eigenvalue weighted by molar-refractivity contribution is 0.0938. The van der Waals surface area contributed by atoms with Crippen molar-refractivity contribution >= 4 is 5.91 Å². The van der Waals surface area contributed by atoms with E-state index in [0.29, 0.717) is 23.9 Å². The topological polar surface area (TPSA) is 71.3 Å². The highest BCUT2D eigenvalue weighted by molar-refractivity contribution is 5.94. The zero-order valence-electron chi connectivity index (χ0n) is 19.3. The fourth-order valence-corrected chi connectivity index (χ4v) is 4.39. The molecule has 0 spiro atoms. The third-order valence-corrected chi connectivity index (χ3v) is 6.34. The summed E-state index contributed by atoms with van der Waals surface area (Å²) in [6.07, 6.45) is 2.42. The fraction of sp³-hybridized carbons (Fsp3) is 0.250. The van der Waals surface area contributed by atoms with E-state index in [1.807, 2.05) is 49.4 Å². The van der Waals surface area contributed by atoms with Crippen LogP contribution in [0.4, 0.5) is 0 Å². The van der Waals surface area contributed by atoms with Crippen molar-refractivity contribution in [1.29, 1.82) is 0 Å². The second-order valence-electron chi connectivity index (χ2n) is 8.74. The number of amides is 1. The van der Waals surface area contributed by atoms with Gasteiger partial charge in [0.15, 0.2) is 0 Å². The number of aromatic nitrogens is 2. The van der Waals surface area contributed by atoms with Gasteiger partial charge in [-0.1, -0.05) is 48.0 Å². The quantitative estimate of drug-likeness (QED) is 0.413. The zero-order valence-corrected chi connectivity index (χ0v) is 19.3. The molecule has 0 bridgehead atoms. The molecule has 0 radical (unpaired) electrons. The maximum absolute atomic E-state index is 12.9. The van der Waals surface area contributed by atoms with Crippen molar-refractivity contribution in [3.05, 3.63) is 95.6 Å². The Morgan fingerprint density at radius 1 is 0.882 bits per heavy atom. The van der Waals surface area contributed by atoms with Gasteiger partial charge in [0, 0.05) is 23.2 Å². The maximum Gasteiger partial charge on any atom is 0.251 e. The van der Waals surface area contributed by atoms with E-state index < -0.39 is 0 Å². The summed E-state index contributed by atoms with van der Waals surface area (Å²) in [4.78, 5) is 15.3. The fourth-order valence-electron chi connectivity index (χ4n) is 4.39. The summed E-state index contributed by atoms with van der Waals surface area (Å²) in [6.45, 7) is 4.75. The lowest BCUT2D eigenvalue weighted by Crippen LogP contribution is -2.36. The van der Waals surface area contributed by atoms with E-state index in [1.165, 1.54) is 24.0 Å². The molecule has 1 fully saturated rings. The molecule has 1 amide bonds. The molecule has 2 heterocycles. The van der Waals surface area contributed by atoms with Gasteiger partial charge in [0.1, 0.15) is 0 Å². The zero-order chi connectivity index (χ0) is 23.3. The van der Waals surface area contributed by atoms with Crippen LogP contribution in [0.5, 0.6) is 0 Å².